The third-order valence-corrected chi connectivity index (χ3v) is 5.08. The molecule has 0 radical (unpaired) electrons. The fourth-order valence-electron chi connectivity index (χ4n) is 3.63. The van der Waals surface area contributed by atoms with E-state index in [4.69, 9.17) is 4.74 Å². The van der Waals surface area contributed by atoms with E-state index in [1.54, 1.807) is 0 Å². The second-order valence-electron chi connectivity index (χ2n) is 7.07. The maximum Gasteiger partial charge on any atom is 0.315 e. The Bertz CT molecular complexity index is 538. The quantitative estimate of drug-likeness (QED) is 0.797. The Balaban J connectivity index is 1.57. The average molecular weight is 332 g/mol. The van der Waals surface area contributed by atoms with Crippen LogP contribution in [0.3, 0.4) is 0 Å². The van der Waals surface area contributed by atoms with Crippen LogP contribution in [0.1, 0.15) is 55.8 Å². The van der Waals surface area contributed by atoms with Gasteiger partial charge in [-0.1, -0.05) is 29.8 Å². The summed E-state index contributed by atoms with van der Waals surface area (Å²) in [5, 5.41) is 15.7. The highest BCUT2D eigenvalue weighted by molar-refractivity contribution is 5.74. The van der Waals surface area contributed by atoms with Gasteiger partial charge in [-0.2, -0.15) is 0 Å². The zero-order valence-corrected chi connectivity index (χ0v) is 14.3. The third kappa shape index (κ3) is 4.48. The summed E-state index contributed by atoms with van der Waals surface area (Å²) in [6.45, 7) is 2.80. The van der Waals surface area contributed by atoms with Crippen LogP contribution < -0.4 is 10.6 Å². The van der Waals surface area contributed by atoms with Gasteiger partial charge in [0.1, 0.15) is 6.10 Å². The summed E-state index contributed by atoms with van der Waals surface area (Å²) >= 11 is 0. The van der Waals surface area contributed by atoms with Gasteiger partial charge >= 0.3 is 6.03 Å². The second kappa shape index (κ2) is 7.99. The van der Waals surface area contributed by atoms with Gasteiger partial charge in [0.25, 0.3) is 0 Å². The average Bonchev–Trinajstić information content (AvgIpc) is 2.58. The normalized spacial score (nSPS) is 30.6. The Morgan fingerprint density at radius 2 is 1.79 bits per heavy atom. The smallest absolute Gasteiger partial charge is 0.315 e. The van der Waals surface area contributed by atoms with Crippen molar-refractivity contribution in [3.8, 4) is 0 Å². The van der Waals surface area contributed by atoms with E-state index in [0.29, 0.717) is 0 Å². The maximum atomic E-state index is 12.4. The lowest BCUT2D eigenvalue weighted by Crippen LogP contribution is -2.50. The molecule has 24 heavy (non-hydrogen) atoms. The first-order valence-electron chi connectivity index (χ1n) is 9.05. The van der Waals surface area contributed by atoms with Crippen molar-refractivity contribution < 1.29 is 14.6 Å². The van der Waals surface area contributed by atoms with Crippen molar-refractivity contribution >= 4 is 6.03 Å². The fraction of sp³-hybridized carbons (Fsp3) is 0.632. The van der Waals surface area contributed by atoms with Crippen LogP contribution in [0.2, 0.25) is 0 Å². The summed E-state index contributed by atoms with van der Waals surface area (Å²) in [6, 6.07) is 8.37. The van der Waals surface area contributed by atoms with Gasteiger partial charge < -0.3 is 20.5 Å². The summed E-state index contributed by atoms with van der Waals surface area (Å²) in [6.07, 6.45) is 4.82. The lowest BCUT2D eigenvalue weighted by atomic mass is 9.93. The Hall–Kier alpha value is -1.59. The minimum absolute atomic E-state index is 0.00404. The van der Waals surface area contributed by atoms with Gasteiger partial charge in [0, 0.05) is 12.6 Å². The first-order chi connectivity index (χ1) is 11.6. The highest BCUT2D eigenvalue weighted by atomic mass is 16.5. The van der Waals surface area contributed by atoms with E-state index in [0.717, 1.165) is 50.7 Å². The molecular weight excluding hydrogens is 304 g/mol. The molecule has 2 fully saturated rings. The molecule has 1 heterocycles. The highest BCUT2D eigenvalue weighted by Crippen LogP contribution is 2.28. The molecule has 2 aliphatic rings. The molecule has 1 aromatic rings. The first kappa shape index (κ1) is 17.2. The monoisotopic (exact) mass is 332 g/mol. The van der Waals surface area contributed by atoms with Crippen molar-refractivity contribution in [2.75, 3.05) is 6.61 Å². The fourth-order valence-corrected chi connectivity index (χ4v) is 3.63. The van der Waals surface area contributed by atoms with Gasteiger partial charge in [0.05, 0.1) is 12.1 Å². The number of urea groups is 1. The largest absolute Gasteiger partial charge is 0.393 e. The molecule has 3 rings (SSSR count). The molecule has 1 aromatic carbocycles. The number of hydrogen-bond donors (Lipinski definition) is 3. The minimum Gasteiger partial charge on any atom is -0.393 e. The van der Waals surface area contributed by atoms with Crippen molar-refractivity contribution in [3.63, 3.8) is 0 Å². The number of rotatable bonds is 3. The third-order valence-electron chi connectivity index (χ3n) is 5.08. The van der Waals surface area contributed by atoms with Crippen LogP contribution in [0.25, 0.3) is 0 Å². The molecule has 2 amide bonds. The van der Waals surface area contributed by atoms with Crippen LogP contribution >= 0.6 is 0 Å². The van der Waals surface area contributed by atoms with Crippen LogP contribution in [0, 0.1) is 6.92 Å². The molecule has 132 valence electrons. The van der Waals surface area contributed by atoms with Gasteiger partial charge in [-0.15, -0.1) is 0 Å². The van der Waals surface area contributed by atoms with Crippen LogP contribution in [-0.2, 0) is 4.74 Å². The number of carbonyl (C=O) groups excluding carboxylic acids is 1. The highest BCUT2D eigenvalue weighted by Gasteiger charge is 2.29. The van der Waals surface area contributed by atoms with Gasteiger partial charge in [-0.25, -0.2) is 4.79 Å². The molecule has 0 aromatic heterocycles. The minimum atomic E-state index is -0.205. The molecule has 3 N–H and O–H groups in total. The van der Waals surface area contributed by atoms with Crippen molar-refractivity contribution in [3.05, 3.63) is 35.4 Å². The maximum absolute atomic E-state index is 12.4. The predicted molar refractivity (Wildman–Crippen MR) is 92.8 cm³/mol. The van der Waals surface area contributed by atoms with Crippen molar-refractivity contribution in [2.24, 2.45) is 0 Å². The van der Waals surface area contributed by atoms with Crippen molar-refractivity contribution in [1.82, 2.24) is 10.6 Å². The number of amides is 2. The van der Waals surface area contributed by atoms with Crippen LogP contribution in [0.4, 0.5) is 4.79 Å². The number of aryl methyl sites for hydroxylation is 1. The Morgan fingerprint density at radius 3 is 2.50 bits per heavy atom. The summed E-state index contributed by atoms with van der Waals surface area (Å²) in [4.78, 5) is 12.4. The Morgan fingerprint density at radius 1 is 1.08 bits per heavy atom. The molecule has 5 nitrogen and oxygen atoms in total. The van der Waals surface area contributed by atoms with Crippen LogP contribution in [0.5, 0.6) is 0 Å². The molecule has 0 bridgehead atoms. The number of aliphatic hydroxyl groups is 1. The van der Waals surface area contributed by atoms with E-state index < -0.39 is 0 Å². The summed E-state index contributed by atoms with van der Waals surface area (Å²) in [7, 11) is 0. The van der Waals surface area contributed by atoms with Gasteiger partial charge in [-0.3, -0.25) is 0 Å². The van der Waals surface area contributed by atoms with E-state index in [-0.39, 0.29) is 30.3 Å². The van der Waals surface area contributed by atoms with Gasteiger partial charge in [0.15, 0.2) is 0 Å². The summed E-state index contributed by atoms with van der Waals surface area (Å²) in [5.74, 6) is 0. The van der Waals surface area contributed by atoms with Crippen LogP contribution in [-0.4, -0.2) is 35.9 Å². The molecule has 0 spiro atoms. The van der Waals surface area contributed by atoms with E-state index in [2.05, 4.69) is 41.8 Å². The van der Waals surface area contributed by atoms with Crippen LogP contribution in [0.15, 0.2) is 24.3 Å². The zero-order chi connectivity index (χ0) is 16.9. The first-order valence-corrected chi connectivity index (χ1v) is 9.05. The SMILES string of the molecule is Cc1ccc(C2OCCCC2NC(=O)NC2CCC(O)CC2)cc1. The zero-order valence-electron chi connectivity index (χ0n) is 14.3. The summed E-state index contributed by atoms with van der Waals surface area (Å²) < 4.78 is 5.95. The molecule has 1 saturated heterocycles. The molecular formula is C19H28N2O3. The topological polar surface area (TPSA) is 70.6 Å². The molecule has 5 heteroatoms. The van der Waals surface area contributed by atoms with E-state index >= 15 is 0 Å². The second-order valence-corrected chi connectivity index (χ2v) is 7.07. The lowest BCUT2D eigenvalue weighted by molar-refractivity contribution is -0.00760. The number of nitrogens with one attached hydrogen (secondary N) is 2. The van der Waals surface area contributed by atoms with Crippen molar-refractivity contribution in [2.45, 2.75) is 69.7 Å². The number of benzene rings is 1. The molecule has 2 unspecified atom stereocenters. The van der Waals surface area contributed by atoms with Gasteiger partial charge in [-0.05, 0) is 51.0 Å². The standard InChI is InChI=1S/C19H28N2O3/c1-13-4-6-14(7-5-13)18-17(3-2-12-24-18)21-19(23)20-15-8-10-16(22)11-9-15/h4-7,15-18,22H,2-3,8-12H2,1H3,(H2,20,21,23). The number of carbonyl (C=O) groups is 1. The van der Waals surface area contributed by atoms with E-state index in [1.807, 2.05) is 0 Å². The molecule has 2 atom stereocenters. The molecule has 1 aliphatic heterocycles. The van der Waals surface area contributed by atoms with Crippen molar-refractivity contribution in [1.29, 1.82) is 0 Å². The van der Waals surface area contributed by atoms with Gasteiger partial charge in [0.2, 0.25) is 0 Å². The van der Waals surface area contributed by atoms with E-state index in [1.165, 1.54) is 5.56 Å². The predicted octanol–water partition coefficient (Wildman–Crippen LogP) is 2.82. The number of hydrogen-bond acceptors (Lipinski definition) is 3. The Labute approximate surface area is 143 Å². The Kier molecular flexibility index (Phi) is 5.74. The lowest BCUT2D eigenvalue weighted by Gasteiger charge is -2.34. The number of aliphatic hydroxyl groups excluding tert-OH is 1. The van der Waals surface area contributed by atoms with E-state index in [9.17, 15) is 9.90 Å². The molecule has 1 aliphatic carbocycles. The number of ether oxygens (including phenoxy) is 1. The summed E-state index contributed by atoms with van der Waals surface area (Å²) in [5.41, 5.74) is 2.34. The molecule has 1 saturated carbocycles.